The average molecular weight is 327 g/mol. The maximum Gasteiger partial charge on any atom is 0.225 e. The van der Waals surface area contributed by atoms with E-state index in [-0.39, 0.29) is 17.7 Å². The van der Waals surface area contributed by atoms with Crippen LogP contribution in [-0.2, 0) is 9.59 Å². The summed E-state index contributed by atoms with van der Waals surface area (Å²) in [5.41, 5.74) is 1.22. The number of amides is 2. The molecule has 0 atom stereocenters. The van der Waals surface area contributed by atoms with E-state index in [0.717, 1.165) is 51.9 Å². The Morgan fingerprint density at radius 2 is 1.62 bits per heavy atom. The third-order valence-electron chi connectivity index (χ3n) is 5.96. The number of hydrogen-bond acceptors (Lipinski definition) is 3. The Kier molecular flexibility index (Phi) is 4.25. The molecule has 1 saturated carbocycles. The first kappa shape index (κ1) is 15.6. The van der Waals surface area contributed by atoms with Crippen LogP contribution in [0.2, 0.25) is 0 Å². The van der Waals surface area contributed by atoms with Gasteiger partial charge in [0.1, 0.15) is 0 Å². The van der Waals surface area contributed by atoms with Crippen LogP contribution in [0.25, 0.3) is 0 Å². The van der Waals surface area contributed by atoms with Crippen LogP contribution >= 0.6 is 0 Å². The monoisotopic (exact) mass is 327 g/mol. The number of aromatic nitrogens is 1. The zero-order chi connectivity index (χ0) is 16.5. The number of carbonyl (C=O) groups is 2. The summed E-state index contributed by atoms with van der Waals surface area (Å²) >= 11 is 0. The minimum absolute atomic E-state index is 0.102. The number of carbonyl (C=O) groups excluding carboxylic acids is 2. The molecule has 2 aliphatic heterocycles. The molecule has 0 aromatic carbocycles. The van der Waals surface area contributed by atoms with Gasteiger partial charge in [0.2, 0.25) is 11.8 Å². The standard InChI is InChI=1S/C19H25N3O2/c23-18(14-3-1-4-14)21-9-6-15(7-10-21)19(24)22-12-17(13-22)16-5-2-8-20-11-16/h2,5,8,11,14-15,17H,1,3-4,6-7,9-10,12-13H2. The van der Waals surface area contributed by atoms with E-state index >= 15 is 0 Å². The smallest absolute Gasteiger partial charge is 0.225 e. The van der Waals surface area contributed by atoms with Gasteiger partial charge < -0.3 is 9.80 Å². The fraction of sp³-hybridized carbons (Fsp3) is 0.632. The van der Waals surface area contributed by atoms with E-state index in [0.29, 0.717) is 11.8 Å². The summed E-state index contributed by atoms with van der Waals surface area (Å²) < 4.78 is 0. The number of pyridine rings is 1. The Morgan fingerprint density at radius 3 is 2.21 bits per heavy atom. The molecule has 0 spiro atoms. The van der Waals surface area contributed by atoms with Crippen molar-refractivity contribution < 1.29 is 9.59 Å². The fourth-order valence-electron chi connectivity index (χ4n) is 4.01. The zero-order valence-electron chi connectivity index (χ0n) is 14.1. The van der Waals surface area contributed by atoms with E-state index in [1.165, 1.54) is 12.0 Å². The molecule has 5 heteroatoms. The van der Waals surface area contributed by atoms with Crippen LogP contribution in [0.5, 0.6) is 0 Å². The molecule has 3 aliphatic rings. The molecule has 0 unspecified atom stereocenters. The molecule has 1 aromatic rings. The van der Waals surface area contributed by atoms with E-state index in [1.54, 1.807) is 6.20 Å². The first-order chi connectivity index (χ1) is 11.7. The summed E-state index contributed by atoms with van der Waals surface area (Å²) in [5, 5.41) is 0. The molecule has 1 aromatic heterocycles. The van der Waals surface area contributed by atoms with E-state index < -0.39 is 0 Å². The Hall–Kier alpha value is -1.91. The Morgan fingerprint density at radius 1 is 0.958 bits per heavy atom. The molecule has 24 heavy (non-hydrogen) atoms. The van der Waals surface area contributed by atoms with Gasteiger partial charge in [-0.1, -0.05) is 12.5 Å². The lowest BCUT2D eigenvalue weighted by Gasteiger charge is -2.43. The lowest BCUT2D eigenvalue weighted by Crippen LogP contribution is -2.53. The summed E-state index contributed by atoms with van der Waals surface area (Å²) in [4.78, 5) is 33.0. The SMILES string of the molecule is O=C(C1CCC1)N1CCC(C(=O)N2CC(c3cccnc3)C2)CC1. The second kappa shape index (κ2) is 6.54. The summed E-state index contributed by atoms with van der Waals surface area (Å²) in [7, 11) is 0. The molecule has 4 rings (SSSR count). The van der Waals surface area contributed by atoms with Crippen LogP contribution in [0, 0.1) is 11.8 Å². The van der Waals surface area contributed by atoms with Crippen molar-refractivity contribution >= 4 is 11.8 Å². The summed E-state index contributed by atoms with van der Waals surface area (Å²) in [6, 6.07) is 4.04. The van der Waals surface area contributed by atoms with E-state index in [9.17, 15) is 9.59 Å². The summed E-state index contributed by atoms with van der Waals surface area (Å²) in [6.45, 7) is 3.13. The zero-order valence-corrected chi connectivity index (χ0v) is 14.1. The van der Waals surface area contributed by atoms with Crippen molar-refractivity contribution in [1.82, 2.24) is 14.8 Å². The fourth-order valence-corrected chi connectivity index (χ4v) is 4.01. The van der Waals surface area contributed by atoms with Crippen molar-refractivity contribution in [3.8, 4) is 0 Å². The molecule has 2 amide bonds. The van der Waals surface area contributed by atoms with Crippen LogP contribution in [-0.4, -0.2) is 52.8 Å². The van der Waals surface area contributed by atoms with E-state index in [2.05, 4.69) is 11.1 Å². The van der Waals surface area contributed by atoms with Crippen LogP contribution < -0.4 is 0 Å². The van der Waals surface area contributed by atoms with E-state index in [4.69, 9.17) is 0 Å². The number of hydrogen-bond donors (Lipinski definition) is 0. The van der Waals surface area contributed by atoms with Gasteiger partial charge in [-0.15, -0.1) is 0 Å². The van der Waals surface area contributed by atoms with Gasteiger partial charge in [-0.3, -0.25) is 14.6 Å². The first-order valence-corrected chi connectivity index (χ1v) is 9.20. The molecule has 2 saturated heterocycles. The molecule has 128 valence electrons. The van der Waals surface area contributed by atoms with Gasteiger partial charge in [0.25, 0.3) is 0 Å². The van der Waals surface area contributed by atoms with Gasteiger partial charge in [0, 0.05) is 56.3 Å². The number of piperidine rings is 1. The predicted molar refractivity (Wildman–Crippen MR) is 90.2 cm³/mol. The third-order valence-corrected chi connectivity index (χ3v) is 5.96. The van der Waals surface area contributed by atoms with E-state index in [1.807, 2.05) is 22.1 Å². The van der Waals surface area contributed by atoms with Gasteiger partial charge in [-0.25, -0.2) is 0 Å². The molecule has 0 bridgehead atoms. The topological polar surface area (TPSA) is 53.5 Å². The van der Waals surface area contributed by atoms with Crippen molar-refractivity contribution in [3.05, 3.63) is 30.1 Å². The summed E-state index contributed by atoms with van der Waals surface area (Å²) in [6.07, 6.45) is 8.64. The number of nitrogens with zero attached hydrogens (tertiary/aromatic N) is 3. The highest BCUT2D eigenvalue weighted by Gasteiger charge is 2.38. The lowest BCUT2D eigenvalue weighted by atomic mass is 9.83. The highest BCUT2D eigenvalue weighted by molar-refractivity contribution is 5.82. The highest BCUT2D eigenvalue weighted by atomic mass is 16.2. The minimum Gasteiger partial charge on any atom is -0.342 e. The van der Waals surface area contributed by atoms with Crippen molar-refractivity contribution in [2.75, 3.05) is 26.2 Å². The lowest BCUT2D eigenvalue weighted by molar-refractivity contribution is -0.146. The highest BCUT2D eigenvalue weighted by Crippen LogP contribution is 2.32. The Balaban J connectivity index is 1.24. The molecular formula is C19H25N3O2. The van der Waals surface area contributed by atoms with Gasteiger partial charge in [-0.2, -0.15) is 0 Å². The van der Waals surface area contributed by atoms with Gasteiger partial charge >= 0.3 is 0 Å². The van der Waals surface area contributed by atoms with Crippen molar-refractivity contribution in [3.63, 3.8) is 0 Å². The second-order valence-electron chi connectivity index (χ2n) is 7.45. The first-order valence-electron chi connectivity index (χ1n) is 9.20. The van der Waals surface area contributed by atoms with Gasteiger partial charge in [-0.05, 0) is 37.3 Å². The minimum atomic E-state index is 0.102. The summed E-state index contributed by atoms with van der Waals surface area (Å²) in [5.74, 6) is 1.42. The van der Waals surface area contributed by atoms with Crippen LogP contribution in [0.3, 0.4) is 0 Å². The van der Waals surface area contributed by atoms with Crippen LogP contribution in [0.4, 0.5) is 0 Å². The van der Waals surface area contributed by atoms with Crippen molar-refractivity contribution in [2.24, 2.45) is 11.8 Å². The van der Waals surface area contributed by atoms with Gasteiger partial charge in [0.05, 0.1) is 0 Å². The molecular weight excluding hydrogens is 302 g/mol. The predicted octanol–water partition coefficient (Wildman–Crippen LogP) is 2.05. The molecule has 3 heterocycles. The number of likely N-dealkylation sites (tertiary alicyclic amines) is 2. The van der Waals surface area contributed by atoms with Crippen LogP contribution in [0.15, 0.2) is 24.5 Å². The largest absolute Gasteiger partial charge is 0.342 e. The molecule has 3 fully saturated rings. The van der Waals surface area contributed by atoms with Gasteiger partial charge in [0.15, 0.2) is 0 Å². The Bertz CT molecular complexity index is 600. The third kappa shape index (κ3) is 2.92. The second-order valence-corrected chi connectivity index (χ2v) is 7.45. The Labute approximate surface area is 143 Å². The van der Waals surface area contributed by atoms with Crippen molar-refractivity contribution in [1.29, 1.82) is 0 Å². The maximum absolute atomic E-state index is 12.6. The van der Waals surface area contributed by atoms with Crippen LogP contribution in [0.1, 0.15) is 43.6 Å². The quantitative estimate of drug-likeness (QED) is 0.854. The van der Waals surface area contributed by atoms with Crippen molar-refractivity contribution in [2.45, 2.75) is 38.0 Å². The molecule has 0 N–H and O–H groups in total. The molecule has 5 nitrogen and oxygen atoms in total. The molecule has 0 radical (unpaired) electrons. The average Bonchev–Trinajstić information content (AvgIpc) is 2.53. The maximum atomic E-state index is 12.6. The molecule has 1 aliphatic carbocycles. The normalized spacial score (nSPS) is 22.8. The number of rotatable bonds is 3.